The second kappa shape index (κ2) is 9.83. The fourth-order valence-corrected chi connectivity index (χ4v) is 5.72. The highest BCUT2D eigenvalue weighted by atomic mass is 15.1. The van der Waals surface area contributed by atoms with Gasteiger partial charge in [0.25, 0.3) is 0 Å². The van der Waals surface area contributed by atoms with Crippen LogP contribution < -0.4 is 5.32 Å². The lowest BCUT2D eigenvalue weighted by atomic mass is 9.87. The third kappa shape index (κ3) is 4.46. The molecule has 0 atom stereocenters. The molecule has 1 aromatic carbocycles. The fourth-order valence-electron chi connectivity index (χ4n) is 5.72. The summed E-state index contributed by atoms with van der Waals surface area (Å²) in [5.41, 5.74) is 9.87. The molecule has 7 heteroatoms. The molecule has 1 aliphatic carbocycles. The molecule has 1 saturated carbocycles. The molecule has 6 aromatic rings. The van der Waals surface area contributed by atoms with Crippen molar-refractivity contribution >= 4 is 27.5 Å². The number of anilines is 1. The van der Waals surface area contributed by atoms with Gasteiger partial charge in [0.2, 0.25) is 0 Å². The summed E-state index contributed by atoms with van der Waals surface area (Å²) in [6.07, 6.45) is 15.5. The van der Waals surface area contributed by atoms with Crippen LogP contribution in [0, 0.1) is 5.92 Å². The molecule has 0 saturated heterocycles. The predicted octanol–water partition coefficient (Wildman–Crippen LogP) is 7.74. The van der Waals surface area contributed by atoms with Crippen molar-refractivity contribution in [2.24, 2.45) is 5.92 Å². The maximum atomic E-state index is 4.68. The molecule has 7 rings (SSSR count). The highest BCUT2D eigenvalue weighted by Gasteiger charge is 2.18. The van der Waals surface area contributed by atoms with Gasteiger partial charge in [0.1, 0.15) is 5.69 Å². The van der Waals surface area contributed by atoms with Gasteiger partial charge in [-0.15, -0.1) is 0 Å². The van der Waals surface area contributed by atoms with Crippen molar-refractivity contribution in [3.05, 3.63) is 91.8 Å². The van der Waals surface area contributed by atoms with E-state index in [-0.39, 0.29) is 0 Å². The van der Waals surface area contributed by atoms with Crippen LogP contribution in [0.15, 0.2) is 91.8 Å². The number of hydrogen-bond donors (Lipinski definition) is 3. The van der Waals surface area contributed by atoms with Crippen LogP contribution in [-0.2, 0) is 0 Å². The quantitative estimate of drug-likeness (QED) is 0.213. The van der Waals surface area contributed by atoms with Crippen molar-refractivity contribution in [1.82, 2.24) is 30.1 Å². The molecule has 0 bridgehead atoms. The Kier molecular flexibility index (Phi) is 5.89. The number of rotatable bonds is 6. The topological polar surface area (TPSA) is 95.2 Å². The molecule has 5 heterocycles. The second-order valence-electron chi connectivity index (χ2n) is 10.3. The van der Waals surface area contributed by atoms with Crippen LogP contribution in [0.2, 0.25) is 0 Å². The number of aromatic amines is 2. The predicted molar refractivity (Wildman–Crippen MR) is 157 cm³/mol. The molecule has 192 valence electrons. The number of allylic oxidation sites excluding steroid dienone is 1. The highest BCUT2D eigenvalue weighted by molar-refractivity contribution is 6.00. The van der Waals surface area contributed by atoms with E-state index in [1.54, 1.807) is 6.20 Å². The number of nitrogens with one attached hydrogen (secondary N) is 3. The van der Waals surface area contributed by atoms with E-state index in [0.29, 0.717) is 5.92 Å². The van der Waals surface area contributed by atoms with Crippen molar-refractivity contribution in [3.63, 3.8) is 0 Å². The molecule has 39 heavy (non-hydrogen) atoms. The Morgan fingerprint density at radius 1 is 0.795 bits per heavy atom. The smallest absolute Gasteiger partial charge is 0.116 e. The van der Waals surface area contributed by atoms with E-state index in [4.69, 9.17) is 0 Å². The number of benzene rings is 1. The van der Waals surface area contributed by atoms with Gasteiger partial charge in [0, 0.05) is 57.9 Å². The van der Waals surface area contributed by atoms with Gasteiger partial charge >= 0.3 is 0 Å². The second-order valence-corrected chi connectivity index (χ2v) is 10.3. The molecule has 1 fully saturated rings. The lowest BCUT2D eigenvalue weighted by Crippen LogP contribution is -2.14. The van der Waals surface area contributed by atoms with Crippen molar-refractivity contribution in [2.45, 2.75) is 32.1 Å². The van der Waals surface area contributed by atoms with Crippen LogP contribution in [0.25, 0.3) is 55.6 Å². The molecular formula is C32H29N7. The van der Waals surface area contributed by atoms with Gasteiger partial charge in [0.05, 0.1) is 28.8 Å². The van der Waals surface area contributed by atoms with Gasteiger partial charge < -0.3 is 10.3 Å². The van der Waals surface area contributed by atoms with Crippen LogP contribution in [-0.4, -0.2) is 30.1 Å². The van der Waals surface area contributed by atoms with Crippen LogP contribution in [0.4, 0.5) is 5.69 Å². The first kappa shape index (κ1) is 23.3. The number of H-pyrrole nitrogens is 2. The van der Waals surface area contributed by atoms with Crippen molar-refractivity contribution in [2.75, 3.05) is 5.32 Å². The maximum absolute atomic E-state index is 4.68. The fraction of sp³-hybridized carbons (Fsp3) is 0.188. The average molecular weight is 512 g/mol. The van der Waals surface area contributed by atoms with Crippen LogP contribution >= 0.6 is 0 Å². The summed E-state index contributed by atoms with van der Waals surface area (Å²) in [7, 11) is 0. The van der Waals surface area contributed by atoms with E-state index in [0.717, 1.165) is 67.0 Å². The Hall–Kier alpha value is -4.78. The highest BCUT2D eigenvalue weighted by Crippen LogP contribution is 2.35. The minimum atomic E-state index is 0.539. The largest absolute Gasteiger partial charge is 0.358 e. The van der Waals surface area contributed by atoms with Crippen LogP contribution in [0.1, 0.15) is 32.1 Å². The molecular weight excluding hydrogens is 482 g/mol. The number of fused-ring (bicyclic) bond motifs is 2. The summed E-state index contributed by atoms with van der Waals surface area (Å²) in [5.74, 6) is 0.539. The number of nitrogens with zero attached hydrogens (tertiary/aromatic N) is 4. The third-order valence-electron chi connectivity index (χ3n) is 7.78. The summed E-state index contributed by atoms with van der Waals surface area (Å²) >= 11 is 0. The first-order valence-electron chi connectivity index (χ1n) is 13.5. The SMILES string of the molecule is C=C(Nc1cncc(-c2ccc3[nH]nc(-c4cc5c(-c6cccnc6)nccc5[nH]4)c3c2)c1)C1CCCCC1. The Labute approximate surface area is 226 Å². The summed E-state index contributed by atoms with van der Waals surface area (Å²) in [6, 6.07) is 16.6. The third-order valence-corrected chi connectivity index (χ3v) is 7.78. The van der Waals surface area contributed by atoms with Gasteiger partial charge in [-0.1, -0.05) is 31.9 Å². The molecule has 0 radical (unpaired) electrons. The van der Waals surface area contributed by atoms with Gasteiger partial charge in [0.15, 0.2) is 0 Å². The van der Waals surface area contributed by atoms with Gasteiger partial charge in [-0.2, -0.15) is 5.10 Å². The van der Waals surface area contributed by atoms with E-state index >= 15 is 0 Å². The molecule has 3 N–H and O–H groups in total. The lowest BCUT2D eigenvalue weighted by molar-refractivity contribution is 0.405. The average Bonchev–Trinajstić information content (AvgIpc) is 3.62. The van der Waals surface area contributed by atoms with Gasteiger partial charge in [-0.25, -0.2) is 0 Å². The van der Waals surface area contributed by atoms with Gasteiger partial charge in [-0.05, 0) is 66.8 Å². The summed E-state index contributed by atoms with van der Waals surface area (Å²) in [4.78, 5) is 17.0. The minimum absolute atomic E-state index is 0.539. The van der Waals surface area contributed by atoms with Crippen LogP contribution in [0.3, 0.4) is 0 Å². The summed E-state index contributed by atoms with van der Waals surface area (Å²) in [6.45, 7) is 4.34. The van der Waals surface area contributed by atoms with Crippen molar-refractivity contribution in [3.8, 4) is 33.8 Å². The molecule has 0 spiro atoms. The van der Waals surface area contributed by atoms with Crippen LogP contribution in [0.5, 0.6) is 0 Å². The van der Waals surface area contributed by atoms with Crippen molar-refractivity contribution in [1.29, 1.82) is 0 Å². The Balaban J connectivity index is 1.23. The van der Waals surface area contributed by atoms with E-state index in [1.807, 2.05) is 43.0 Å². The molecule has 0 amide bonds. The number of hydrogen-bond acceptors (Lipinski definition) is 5. The monoisotopic (exact) mass is 511 g/mol. The molecule has 5 aromatic heterocycles. The van der Waals surface area contributed by atoms with Gasteiger partial charge in [-0.3, -0.25) is 20.1 Å². The standard InChI is InChI=1S/C32H29N7/c1-20(21-6-3-2-4-7-21)36-25-14-24(18-34-19-25)22-9-10-29-26(15-22)32(39-38-29)30-16-27-28(37-30)11-13-35-31(27)23-8-5-12-33-17-23/h5,8-19,21,36-37H,1-4,6-7H2,(H,38,39). The summed E-state index contributed by atoms with van der Waals surface area (Å²) < 4.78 is 0. The van der Waals surface area contributed by atoms with E-state index in [1.165, 1.54) is 32.1 Å². The van der Waals surface area contributed by atoms with E-state index in [9.17, 15) is 0 Å². The Bertz CT molecular complexity index is 1790. The minimum Gasteiger partial charge on any atom is -0.358 e. The maximum Gasteiger partial charge on any atom is 0.116 e. The van der Waals surface area contributed by atoms with Crippen molar-refractivity contribution < 1.29 is 0 Å². The molecule has 1 aliphatic rings. The zero-order chi connectivity index (χ0) is 26.2. The Morgan fingerprint density at radius 3 is 2.54 bits per heavy atom. The number of aromatic nitrogens is 6. The molecule has 0 aliphatic heterocycles. The lowest BCUT2D eigenvalue weighted by Gasteiger charge is -2.24. The zero-order valence-corrected chi connectivity index (χ0v) is 21.6. The molecule has 7 nitrogen and oxygen atoms in total. The normalized spacial score (nSPS) is 14.2. The Morgan fingerprint density at radius 2 is 1.67 bits per heavy atom. The summed E-state index contributed by atoms with van der Waals surface area (Å²) in [5, 5.41) is 13.5. The zero-order valence-electron chi connectivity index (χ0n) is 21.6. The first-order valence-corrected chi connectivity index (χ1v) is 13.5. The number of pyridine rings is 3. The van der Waals surface area contributed by atoms with E-state index < -0.39 is 0 Å². The van der Waals surface area contributed by atoms with E-state index in [2.05, 4.69) is 72.4 Å². The molecule has 0 unspecified atom stereocenters. The first-order chi connectivity index (χ1) is 19.2.